The van der Waals surface area contributed by atoms with Gasteiger partial charge in [0.05, 0.1) is 16.7 Å². The first-order valence-corrected chi connectivity index (χ1v) is 10.6. The first kappa shape index (κ1) is 23.6. The van der Waals surface area contributed by atoms with Gasteiger partial charge in [-0.15, -0.1) is 0 Å². The number of nitrogens with one attached hydrogen (secondary N) is 3. The molecule has 0 radical (unpaired) electrons. The second-order valence-corrected chi connectivity index (χ2v) is 8.19. The Kier molecular flexibility index (Phi) is 6.87. The molecule has 0 aliphatic heterocycles. The Bertz CT molecular complexity index is 1270. The van der Waals surface area contributed by atoms with Crippen molar-refractivity contribution in [2.45, 2.75) is 11.1 Å². The highest BCUT2D eigenvalue weighted by molar-refractivity contribution is 7.92. The van der Waals surface area contributed by atoms with Crippen molar-refractivity contribution in [1.82, 2.24) is 10.9 Å². The predicted octanol–water partition coefficient (Wildman–Crippen LogP) is 3.57. The average molecular weight is 479 g/mol. The molecule has 3 aromatic rings. The monoisotopic (exact) mass is 479 g/mol. The smallest absolute Gasteiger partial charge is 0.416 e. The fourth-order valence-corrected chi connectivity index (χ4v) is 3.58. The van der Waals surface area contributed by atoms with Crippen molar-refractivity contribution in [2.75, 3.05) is 4.72 Å². The fourth-order valence-electron chi connectivity index (χ4n) is 2.53. The first-order valence-electron chi connectivity index (χ1n) is 9.17. The zero-order valence-electron chi connectivity index (χ0n) is 16.6. The third-order valence-corrected chi connectivity index (χ3v) is 5.50. The van der Waals surface area contributed by atoms with Crippen molar-refractivity contribution in [3.63, 3.8) is 0 Å². The van der Waals surface area contributed by atoms with Crippen LogP contribution in [-0.4, -0.2) is 20.2 Å². The Morgan fingerprint density at radius 1 is 0.939 bits per heavy atom. The molecule has 2 amide bonds. The molecule has 0 unspecified atom stereocenters. The lowest BCUT2D eigenvalue weighted by Gasteiger charge is -2.11. The predicted molar refractivity (Wildman–Crippen MR) is 112 cm³/mol. The van der Waals surface area contributed by atoms with Crippen molar-refractivity contribution in [1.29, 1.82) is 0 Å². The molecule has 2 aromatic carbocycles. The molecule has 0 aliphatic carbocycles. The molecule has 0 aliphatic rings. The number of alkyl halides is 3. The van der Waals surface area contributed by atoms with Crippen LogP contribution < -0.4 is 15.6 Å². The van der Waals surface area contributed by atoms with E-state index >= 15 is 0 Å². The third-order valence-electron chi connectivity index (χ3n) is 4.10. The van der Waals surface area contributed by atoms with E-state index in [1.165, 1.54) is 54.8 Å². The van der Waals surface area contributed by atoms with Crippen molar-refractivity contribution in [3.8, 4) is 0 Å². The number of furan rings is 1. The SMILES string of the molecule is O=C(/C=C/c1ccc(S(=O)(=O)Nc2cccc(C(F)(F)F)c2)cc1)NNC(=O)c1ccco1. The minimum absolute atomic E-state index is 0.00909. The Labute approximate surface area is 186 Å². The van der Waals surface area contributed by atoms with Gasteiger partial charge in [0.2, 0.25) is 0 Å². The summed E-state index contributed by atoms with van der Waals surface area (Å²) >= 11 is 0. The number of sulfonamides is 1. The quantitative estimate of drug-likeness (QED) is 0.369. The molecule has 1 heterocycles. The van der Waals surface area contributed by atoms with E-state index in [1.807, 2.05) is 0 Å². The number of carbonyl (C=O) groups is 2. The maximum absolute atomic E-state index is 12.8. The Balaban J connectivity index is 1.61. The van der Waals surface area contributed by atoms with Gasteiger partial charge in [-0.25, -0.2) is 8.42 Å². The maximum atomic E-state index is 12.8. The average Bonchev–Trinajstić information content (AvgIpc) is 3.31. The molecule has 0 saturated carbocycles. The largest absolute Gasteiger partial charge is 0.459 e. The summed E-state index contributed by atoms with van der Waals surface area (Å²) in [7, 11) is -4.14. The zero-order valence-corrected chi connectivity index (χ0v) is 17.4. The fraction of sp³-hybridized carbons (Fsp3) is 0.0476. The summed E-state index contributed by atoms with van der Waals surface area (Å²) in [6, 6.07) is 12.0. The number of anilines is 1. The van der Waals surface area contributed by atoms with Crippen LogP contribution in [0.5, 0.6) is 0 Å². The lowest BCUT2D eigenvalue weighted by atomic mass is 10.2. The maximum Gasteiger partial charge on any atom is 0.416 e. The second-order valence-electron chi connectivity index (χ2n) is 6.51. The number of hydrogen-bond donors (Lipinski definition) is 3. The van der Waals surface area contributed by atoms with Crippen LogP contribution >= 0.6 is 0 Å². The van der Waals surface area contributed by atoms with E-state index in [0.29, 0.717) is 11.6 Å². The molecule has 172 valence electrons. The number of rotatable bonds is 6. The molecule has 0 saturated heterocycles. The van der Waals surface area contributed by atoms with Gasteiger partial charge < -0.3 is 4.42 Å². The van der Waals surface area contributed by atoms with Gasteiger partial charge in [0.25, 0.3) is 15.9 Å². The standard InChI is InChI=1S/C21H16F3N3O5S/c22-21(23,24)15-3-1-4-16(13-15)27-33(30,31)17-9-6-14(7-10-17)8-11-19(28)25-26-20(29)18-5-2-12-32-18/h1-13,27H,(H,25,28)(H,26,29)/b11-8+. The van der Waals surface area contributed by atoms with Crippen LogP contribution in [0.1, 0.15) is 21.7 Å². The number of hydrogen-bond acceptors (Lipinski definition) is 5. The van der Waals surface area contributed by atoms with Crippen molar-refractivity contribution < 1.29 is 35.6 Å². The lowest BCUT2D eigenvalue weighted by Crippen LogP contribution is -2.40. The topological polar surface area (TPSA) is 118 Å². The van der Waals surface area contributed by atoms with E-state index in [0.717, 1.165) is 18.2 Å². The molecule has 0 spiro atoms. The molecular formula is C21H16F3N3O5S. The molecular weight excluding hydrogens is 463 g/mol. The van der Waals surface area contributed by atoms with Crippen LogP contribution in [0.3, 0.4) is 0 Å². The van der Waals surface area contributed by atoms with Crippen LogP contribution in [0.4, 0.5) is 18.9 Å². The molecule has 3 rings (SSSR count). The Morgan fingerprint density at radius 3 is 2.30 bits per heavy atom. The van der Waals surface area contributed by atoms with E-state index in [4.69, 9.17) is 4.42 Å². The Hall–Kier alpha value is -4.06. The minimum Gasteiger partial charge on any atom is -0.459 e. The third kappa shape index (κ3) is 6.46. The van der Waals surface area contributed by atoms with Gasteiger partial charge in [0.1, 0.15) is 0 Å². The van der Waals surface area contributed by atoms with Gasteiger partial charge in [0, 0.05) is 11.8 Å². The molecule has 0 fully saturated rings. The van der Waals surface area contributed by atoms with E-state index in [9.17, 15) is 31.2 Å². The minimum atomic E-state index is -4.61. The van der Waals surface area contributed by atoms with Gasteiger partial charge in [-0.05, 0) is 54.1 Å². The van der Waals surface area contributed by atoms with Gasteiger partial charge in [0.15, 0.2) is 5.76 Å². The highest BCUT2D eigenvalue weighted by Gasteiger charge is 2.30. The normalized spacial score (nSPS) is 11.8. The molecule has 0 atom stereocenters. The first-order chi connectivity index (χ1) is 15.5. The summed E-state index contributed by atoms with van der Waals surface area (Å²) in [5.74, 6) is -1.29. The molecule has 33 heavy (non-hydrogen) atoms. The number of benzene rings is 2. The summed E-state index contributed by atoms with van der Waals surface area (Å²) < 4.78 is 70.3. The molecule has 1 aromatic heterocycles. The molecule has 0 bridgehead atoms. The van der Waals surface area contributed by atoms with E-state index < -0.39 is 33.6 Å². The van der Waals surface area contributed by atoms with Crippen molar-refractivity contribution in [2.24, 2.45) is 0 Å². The summed E-state index contributed by atoms with van der Waals surface area (Å²) in [4.78, 5) is 23.3. The van der Waals surface area contributed by atoms with Gasteiger partial charge >= 0.3 is 12.1 Å². The highest BCUT2D eigenvalue weighted by atomic mass is 32.2. The van der Waals surface area contributed by atoms with E-state index in [2.05, 4.69) is 15.6 Å². The lowest BCUT2D eigenvalue weighted by molar-refractivity contribution is -0.137. The summed E-state index contributed by atoms with van der Waals surface area (Å²) in [5, 5.41) is 0. The van der Waals surface area contributed by atoms with Gasteiger partial charge in [-0.2, -0.15) is 13.2 Å². The summed E-state index contributed by atoms with van der Waals surface area (Å²) in [6.45, 7) is 0. The van der Waals surface area contributed by atoms with Crippen LogP contribution in [0.15, 0.2) is 82.3 Å². The molecule has 12 heteroatoms. The summed E-state index contributed by atoms with van der Waals surface area (Å²) in [6.07, 6.45) is -0.837. The zero-order chi connectivity index (χ0) is 24.1. The van der Waals surface area contributed by atoms with Crippen molar-refractivity contribution >= 4 is 33.6 Å². The summed E-state index contributed by atoms with van der Waals surface area (Å²) in [5.41, 5.74) is 3.53. The number of hydrazine groups is 1. The number of carbonyl (C=O) groups excluding carboxylic acids is 2. The van der Waals surface area contributed by atoms with Crippen molar-refractivity contribution in [3.05, 3.63) is 89.9 Å². The molecule has 3 N–H and O–H groups in total. The van der Waals surface area contributed by atoms with Crippen LogP contribution in [0.25, 0.3) is 6.08 Å². The number of amides is 2. The van der Waals surface area contributed by atoms with Gasteiger partial charge in [-0.1, -0.05) is 18.2 Å². The Morgan fingerprint density at radius 2 is 1.67 bits per heavy atom. The van der Waals surface area contributed by atoms with E-state index in [-0.39, 0.29) is 16.3 Å². The number of halogens is 3. The highest BCUT2D eigenvalue weighted by Crippen LogP contribution is 2.31. The second kappa shape index (κ2) is 9.61. The van der Waals surface area contributed by atoms with Crippen LogP contribution in [0.2, 0.25) is 0 Å². The van der Waals surface area contributed by atoms with E-state index in [1.54, 1.807) is 0 Å². The molecule has 8 nitrogen and oxygen atoms in total. The van der Waals surface area contributed by atoms with Crippen LogP contribution in [-0.2, 0) is 21.0 Å². The van der Waals surface area contributed by atoms with Crippen LogP contribution in [0, 0.1) is 0 Å². The van der Waals surface area contributed by atoms with Gasteiger partial charge in [-0.3, -0.25) is 25.2 Å².